The fourth-order valence-electron chi connectivity index (χ4n) is 3.76. The van der Waals surface area contributed by atoms with E-state index in [0.717, 1.165) is 36.9 Å². The highest BCUT2D eigenvalue weighted by Gasteiger charge is 2.25. The zero-order valence-corrected chi connectivity index (χ0v) is 15.3. The van der Waals surface area contributed by atoms with Gasteiger partial charge in [-0.25, -0.2) is 9.97 Å². The van der Waals surface area contributed by atoms with Crippen molar-refractivity contribution in [2.24, 2.45) is 0 Å². The molecule has 1 N–H and O–H groups in total. The smallest absolute Gasteiger partial charge is 0.222 e. The highest BCUT2D eigenvalue weighted by molar-refractivity contribution is 5.76. The molecule has 1 unspecified atom stereocenters. The van der Waals surface area contributed by atoms with E-state index in [9.17, 15) is 4.79 Å². The zero-order valence-electron chi connectivity index (χ0n) is 15.3. The number of rotatable bonds is 5. The van der Waals surface area contributed by atoms with Gasteiger partial charge in [-0.2, -0.15) is 5.10 Å². The molecule has 0 radical (unpaired) electrons. The van der Waals surface area contributed by atoms with Gasteiger partial charge in [-0.1, -0.05) is 0 Å². The number of hydrogen-bond donors (Lipinski definition) is 1. The molecule has 8 nitrogen and oxygen atoms in total. The van der Waals surface area contributed by atoms with Crippen molar-refractivity contribution in [3.63, 3.8) is 0 Å². The second-order valence-corrected chi connectivity index (χ2v) is 7.15. The van der Waals surface area contributed by atoms with Gasteiger partial charge in [0.1, 0.15) is 6.33 Å². The first-order chi connectivity index (χ1) is 13.3. The molecule has 144 valence electrons. The largest absolute Gasteiger partial charge is 0.376 e. The van der Waals surface area contributed by atoms with E-state index in [-0.39, 0.29) is 18.1 Å². The molecular formula is C19H25N5O3. The van der Waals surface area contributed by atoms with E-state index in [2.05, 4.69) is 20.4 Å². The molecule has 3 heterocycles. The molecule has 1 saturated carbocycles. The van der Waals surface area contributed by atoms with Crippen molar-refractivity contribution in [2.45, 2.75) is 50.3 Å². The third kappa shape index (κ3) is 4.70. The SMILES string of the molecule is O=C(CC1COCCO1)NC1CCC(n2cc(-c3ccncn3)cn2)CC1. The lowest BCUT2D eigenvalue weighted by Gasteiger charge is -2.30. The Hall–Kier alpha value is -2.32. The Kier molecular flexibility index (Phi) is 5.74. The van der Waals surface area contributed by atoms with Gasteiger partial charge >= 0.3 is 0 Å². The maximum absolute atomic E-state index is 12.2. The summed E-state index contributed by atoms with van der Waals surface area (Å²) in [5.41, 5.74) is 1.88. The van der Waals surface area contributed by atoms with Gasteiger partial charge < -0.3 is 14.8 Å². The molecule has 1 aliphatic heterocycles. The van der Waals surface area contributed by atoms with Crippen LogP contribution in [0.4, 0.5) is 0 Å². The molecule has 1 saturated heterocycles. The number of carbonyl (C=O) groups excluding carboxylic acids is 1. The molecule has 2 aromatic heterocycles. The van der Waals surface area contributed by atoms with E-state index in [1.807, 2.05) is 23.1 Å². The molecule has 1 amide bonds. The van der Waals surface area contributed by atoms with Crippen LogP contribution in [0.5, 0.6) is 0 Å². The van der Waals surface area contributed by atoms with Crippen LogP contribution in [0.15, 0.2) is 31.0 Å². The third-order valence-corrected chi connectivity index (χ3v) is 5.21. The summed E-state index contributed by atoms with van der Waals surface area (Å²) in [5, 5.41) is 7.67. The van der Waals surface area contributed by atoms with Crippen LogP contribution in [-0.2, 0) is 14.3 Å². The molecule has 0 bridgehead atoms. The molecule has 1 atom stereocenters. The predicted molar refractivity (Wildman–Crippen MR) is 97.9 cm³/mol. The minimum Gasteiger partial charge on any atom is -0.376 e. The number of nitrogens with zero attached hydrogens (tertiary/aromatic N) is 4. The standard InChI is InChI=1S/C19H25N5O3/c25-19(9-17-12-26-7-8-27-17)23-15-1-3-16(4-2-15)24-11-14(10-22-24)18-5-6-20-13-21-18/h5-6,10-11,13,15-17H,1-4,7-9,12H2,(H,23,25). The first-order valence-electron chi connectivity index (χ1n) is 9.57. The average Bonchev–Trinajstić information content (AvgIpc) is 3.20. The number of carbonyl (C=O) groups is 1. The van der Waals surface area contributed by atoms with E-state index in [1.165, 1.54) is 0 Å². The molecule has 27 heavy (non-hydrogen) atoms. The number of ether oxygens (including phenoxy) is 2. The van der Waals surface area contributed by atoms with Gasteiger partial charge in [-0.05, 0) is 31.7 Å². The van der Waals surface area contributed by atoms with Crippen molar-refractivity contribution in [1.82, 2.24) is 25.1 Å². The first kappa shape index (κ1) is 18.1. The summed E-state index contributed by atoms with van der Waals surface area (Å²) in [5.74, 6) is 0.0547. The fraction of sp³-hybridized carbons (Fsp3) is 0.579. The summed E-state index contributed by atoms with van der Waals surface area (Å²) in [4.78, 5) is 20.4. The highest BCUT2D eigenvalue weighted by atomic mass is 16.6. The summed E-state index contributed by atoms with van der Waals surface area (Å²) >= 11 is 0. The molecule has 4 rings (SSSR count). The Labute approximate surface area is 158 Å². The van der Waals surface area contributed by atoms with Crippen molar-refractivity contribution in [1.29, 1.82) is 0 Å². The summed E-state index contributed by atoms with van der Waals surface area (Å²) in [7, 11) is 0. The van der Waals surface area contributed by atoms with E-state index in [0.29, 0.717) is 32.3 Å². The van der Waals surface area contributed by atoms with E-state index < -0.39 is 0 Å². The van der Waals surface area contributed by atoms with Crippen LogP contribution in [0.2, 0.25) is 0 Å². The van der Waals surface area contributed by atoms with Crippen LogP contribution in [0.25, 0.3) is 11.3 Å². The van der Waals surface area contributed by atoms with Crippen LogP contribution in [0.3, 0.4) is 0 Å². The first-order valence-corrected chi connectivity index (χ1v) is 9.57. The summed E-state index contributed by atoms with van der Waals surface area (Å²) < 4.78 is 12.9. The van der Waals surface area contributed by atoms with Crippen LogP contribution in [-0.4, -0.2) is 57.6 Å². The lowest BCUT2D eigenvalue weighted by molar-refractivity contribution is -0.132. The topological polar surface area (TPSA) is 91.2 Å². The van der Waals surface area contributed by atoms with Crippen molar-refractivity contribution >= 4 is 5.91 Å². The quantitative estimate of drug-likeness (QED) is 0.861. The van der Waals surface area contributed by atoms with Crippen molar-refractivity contribution < 1.29 is 14.3 Å². The molecular weight excluding hydrogens is 346 g/mol. The summed E-state index contributed by atoms with van der Waals surface area (Å²) in [6.45, 7) is 1.70. The molecule has 0 aromatic carbocycles. The van der Waals surface area contributed by atoms with Gasteiger partial charge in [0.2, 0.25) is 5.91 Å². The Morgan fingerprint density at radius 2 is 2.15 bits per heavy atom. The van der Waals surface area contributed by atoms with Crippen molar-refractivity contribution in [3.8, 4) is 11.3 Å². The van der Waals surface area contributed by atoms with Crippen LogP contribution >= 0.6 is 0 Å². The third-order valence-electron chi connectivity index (χ3n) is 5.21. The van der Waals surface area contributed by atoms with Crippen LogP contribution in [0, 0.1) is 0 Å². The van der Waals surface area contributed by atoms with Crippen molar-refractivity contribution in [2.75, 3.05) is 19.8 Å². The van der Waals surface area contributed by atoms with Gasteiger partial charge in [0.05, 0.1) is 50.3 Å². The Bertz CT molecular complexity index is 737. The second kappa shape index (κ2) is 8.58. The average molecular weight is 371 g/mol. The molecule has 0 spiro atoms. The highest BCUT2D eigenvalue weighted by Crippen LogP contribution is 2.29. The van der Waals surface area contributed by atoms with Crippen LogP contribution < -0.4 is 5.32 Å². The van der Waals surface area contributed by atoms with Gasteiger partial charge in [-0.3, -0.25) is 9.48 Å². The van der Waals surface area contributed by atoms with E-state index >= 15 is 0 Å². The normalized spacial score (nSPS) is 25.9. The summed E-state index contributed by atoms with van der Waals surface area (Å²) in [6, 6.07) is 2.48. The number of nitrogens with one attached hydrogen (secondary N) is 1. The monoisotopic (exact) mass is 371 g/mol. The van der Waals surface area contributed by atoms with Crippen molar-refractivity contribution in [3.05, 3.63) is 31.0 Å². The van der Waals surface area contributed by atoms with Gasteiger partial charge in [0.25, 0.3) is 0 Å². The summed E-state index contributed by atoms with van der Waals surface area (Å²) in [6.07, 6.45) is 11.4. The Morgan fingerprint density at radius 3 is 2.89 bits per heavy atom. The van der Waals surface area contributed by atoms with Crippen LogP contribution in [0.1, 0.15) is 38.1 Å². The lowest BCUT2D eigenvalue weighted by Crippen LogP contribution is -2.41. The molecule has 2 aromatic rings. The fourth-order valence-corrected chi connectivity index (χ4v) is 3.76. The number of amides is 1. The number of aromatic nitrogens is 4. The number of hydrogen-bond acceptors (Lipinski definition) is 6. The van der Waals surface area contributed by atoms with Gasteiger partial charge in [0.15, 0.2) is 0 Å². The van der Waals surface area contributed by atoms with Gasteiger partial charge in [0, 0.05) is 24.0 Å². The zero-order chi connectivity index (χ0) is 18.5. The van der Waals surface area contributed by atoms with E-state index in [1.54, 1.807) is 12.5 Å². The predicted octanol–water partition coefficient (Wildman–Crippen LogP) is 1.75. The Balaban J connectivity index is 1.25. The molecule has 2 aliphatic rings. The van der Waals surface area contributed by atoms with E-state index in [4.69, 9.17) is 9.47 Å². The lowest BCUT2D eigenvalue weighted by atomic mass is 9.91. The molecule has 1 aliphatic carbocycles. The van der Waals surface area contributed by atoms with Gasteiger partial charge in [-0.15, -0.1) is 0 Å². The minimum atomic E-state index is -0.112. The second-order valence-electron chi connectivity index (χ2n) is 7.15. The minimum absolute atomic E-state index is 0.0547. The Morgan fingerprint density at radius 1 is 1.26 bits per heavy atom. The maximum atomic E-state index is 12.2. The molecule has 8 heteroatoms. The molecule has 2 fully saturated rings. The maximum Gasteiger partial charge on any atom is 0.222 e.